The number of esters is 1. The van der Waals surface area contributed by atoms with E-state index in [0.29, 0.717) is 17.0 Å². The number of amides is 1. The van der Waals surface area contributed by atoms with Crippen LogP contribution in [0.4, 0.5) is 5.82 Å². The lowest BCUT2D eigenvalue weighted by atomic mass is 10.2. The molecule has 0 spiro atoms. The van der Waals surface area contributed by atoms with Crippen LogP contribution in [0.2, 0.25) is 0 Å². The van der Waals surface area contributed by atoms with E-state index in [1.54, 1.807) is 25.1 Å². The second-order valence-corrected chi connectivity index (χ2v) is 5.25. The van der Waals surface area contributed by atoms with Crippen molar-refractivity contribution in [1.82, 2.24) is 10.3 Å². The van der Waals surface area contributed by atoms with Crippen LogP contribution in [0.3, 0.4) is 0 Å². The molecule has 0 bridgehead atoms. The largest absolute Gasteiger partial charge is 0.452 e. The average molecular weight is 329 g/mol. The molecule has 0 saturated carbocycles. The highest BCUT2D eigenvalue weighted by Crippen LogP contribution is 2.18. The third kappa shape index (κ3) is 3.43. The van der Waals surface area contributed by atoms with Crippen LogP contribution in [-0.2, 0) is 20.7 Å². The summed E-state index contributed by atoms with van der Waals surface area (Å²) in [7, 11) is 0. The number of aryl methyl sites for hydroxylation is 1. The van der Waals surface area contributed by atoms with Gasteiger partial charge in [0.1, 0.15) is 11.5 Å². The van der Waals surface area contributed by atoms with Crippen molar-refractivity contribution in [3.05, 3.63) is 41.8 Å². The highest BCUT2D eigenvalue weighted by molar-refractivity contribution is 5.94. The maximum absolute atomic E-state index is 12.0. The molecule has 8 heteroatoms. The van der Waals surface area contributed by atoms with Gasteiger partial charge in [-0.1, -0.05) is 22.4 Å². The Morgan fingerprint density at radius 2 is 2.04 bits per heavy atom. The first-order chi connectivity index (χ1) is 11.5. The van der Waals surface area contributed by atoms with Gasteiger partial charge < -0.3 is 19.1 Å². The van der Waals surface area contributed by atoms with Gasteiger partial charge >= 0.3 is 5.97 Å². The van der Waals surface area contributed by atoms with Crippen molar-refractivity contribution < 1.29 is 23.4 Å². The van der Waals surface area contributed by atoms with E-state index < -0.39 is 18.0 Å². The van der Waals surface area contributed by atoms with E-state index in [9.17, 15) is 9.59 Å². The van der Waals surface area contributed by atoms with E-state index in [0.717, 1.165) is 5.39 Å². The SMILES string of the molecule is Cc1cc(NC(=O)[C@H](C)OC(=O)Cc2noc3ccccc23)no1. The molecule has 0 fully saturated rings. The molecule has 1 amide bonds. The Morgan fingerprint density at radius 1 is 1.25 bits per heavy atom. The number of rotatable bonds is 5. The summed E-state index contributed by atoms with van der Waals surface area (Å²) >= 11 is 0. The van der Waals surface area contributed by atoms with Crippen molar-refractivity contribution in [2.24, 2.45) is 0 Å². The van der Waals surface area contributed by atoms with Crippen LogP contribution in [0.15, 0.2) is 39.4 Å². The molecule has 0 aliphatic heterocycles. The van der Waals surface area contributed by atoms with Crippen LogP contribution >= 0.6 is 0 Å². The number of benzene rings is 1. The molecule has 0 unspecified atom stereocenters. The summed E-state index contributed by atoms with van der Waals surface area (Å²) in [4.78, 5) is 24.0. The van der Waals surface area contributed by atoms with Crippen molar-refractivity contribution in [3.63, 3.8) is 0 Å². The smallest absolute Gasteiger partial charge is 0.312 e. The predicted molar refractivity (Wildman–Crippen MR) is 83.1 cm³/mol. The molecule has 0 aliphatic carbocycles. The van der Waals surface area contributed by atoms with Crippen LogP contribution < -0.4 is 5.32 Å². The third-order valence-electron chi connectivity index (χ3n) is 3.32. The Balaban J connectivity index is 1.58. The fourth-order valence-electron chi connectivity index (χ4n) is 2.15. The Hall–Kier alpha value is -3.16. The molecule has 0 aliphatic rings. The predicted octanol–water partition coefficient (Wildman–Crippen LogP) is 2.24. The van der Waals surface area contributed by atoms with Gasteiger partial charge in [0, 0.05) is 11.5 Å². The van der Waals surface area contributed by atoms with Crippen LogP contribution in [0, 0.1) is 6.92 Å². The summed E-state index contributed by atoms with van der Waals surface area (Å²) in [6.07, 6.45) is -1.06. The molecular weight excluding hydrogens is 314 g/mol. The number of aromatic nitrogens is 2. The van der Waals surface area contributed by atoms with Gasteiger partial charge in [-0.2, -0.15) is 0 Å². The normalized spacial score (nSPS) is 12.1. The Labute approximate surface area is 136 Å². The molecule has 0 radical (unpaired) electrons. The van der Waals surface area contributed by atoms with Crippen molar-refractivity contribution in [1.29, 1.82) is 0 Å². The number of hydrogen-bond acceptors (Lipinski definition) is 7. The second-order valence-electron chi connectivity index (χ2n) is 5.25. The zero-order chi connectivity index (χ0) is 17.1. The summed E-state index contributed by atoms with van der Waals surface area (Å²) < 4.78 is 15.1. The van der Waals surface area contributed by atoms with Gasteiger partial charge in [0.15, 0.2) is 17.5 Å². The molecular formula is C16H15N3O5. The minimum Gasteiger partial charge on any atom is -0.452 e. The number of anilines is 1. The highest BCUT2D eigenvalue weighted by Gasteiger charge is 2.21. The number of carbonyl (C=O) groups excluding carboxylic acids is 2. The van der Waals surface area contributed by atoms with Gasteiger partial charge in [0.05, 0.1) is 6.42 Å². The minimum absolute atomic E-state index is 0.0856. The number of hydrogen-bond donors (Lipinski definition) is 1. The zero-order valence-corrected chi connectivity index (χ0v) is 13.1. The first kappa shape index (κ1) is 15.7. The molecule has 0 saturated heterocycles. The lowest BCUT2D eigenvalue weighted by Crippen LogP contribution is -2.30. The number of para-hydroxylation sites is 1. The first-order valence-electron chi connectivity index (χ1n) is 7.30. The van der Waals surface area contributed by atoms with Crippen molar-refractivity contribution in [2.45, 2.75) is 26.4 Å². The molecule has 2 heterocycles. The molecule has 3 aromatic rings. The van der Waals surface area contributed by atoms with E-state index in [1.807, 2.05) is 12.1 Å². The molecule has 124 valence electrons. The number of ether oxygens (including phenoxy) is 1. The molecule has 3 rings (SSSR count). The Kier molecular flexibility index (Phi) is 4.28. The Bertz CT molecular complexity index is 883. The molecule has 1 N–H and O–H groups in total. The van der Waals surface area contributed by atoms with E-state index in [1.165, 1.54) is 6.92 Å². The van der Waals surface area contributed by atoms with E-state index in [2.05, 4.69) is 15.6 Å². The van der Waals surface area contributed by atoms with Gasteiger partial charge in [-0.3, -0.25) is 9.59 Å². The molecule has 8 nitrogen and oxygen atoms in total. The maximum atomic E-state index is 12.0. The lowest BCUT2D eigenvalue weighted by Gasteiger charge is -2.11. The second kappa shape index (κ2) is 6.53. The van der Waals surface area contributed by atoms with E-state index in [-0.39, 0.29) is 12.2 Å². The molecule has 1 atom stereocenters. The standard InChI is InChI=1S/C16H15N3O5/c1-9-7-14(19-23-9)17-16(21)10(2)22-15(20)8-12-11-5-3-4-6-13(11)24-18-12/h3-7,10H,8H2,1-2H3,(H,17,19,21)/t10-/m0/s1. The van der Waals surface area contributed by atoms with Crippen molar-refractivity contribution in [3.8, 4) is 0 Å². The van der Waals surface area contributed by atoms with Crippen molar-refractivity contribution in [2.75, 3.05) is 5.32 Å². The molecule has 2 aromatic heterocycles. The Morgan fingerprint density at radius 3 is 2.79 bits per heavy atom. The quantitative estimate of drug-likeness (QED) is 0.715. The molecule has 24 heavy (non-hydrogen) atoms. The fraction of sp³-hybridized carbons (Fsp3) is 0.250. The summed E-state index contributed by atoms with van der Waals surface area (Å²) in [6.45, 7) is 3.18. The van der Waals surface area contributed by atoms with Crippen LogP contribution in [0.5, 0.6) is 0 Å². The van der Waals surface area contributed by atoms with Gasteiger partial charge in [-0.15, -0.1) is 0 Å². The highest BCUT2D eigenvalue weighted by atomic mass is 16.5. The van der Waals surface area contributed by atoms with Crippen molar-refractivity contribution >= 4 is 28.7 Å². The van der Waals surface area contributed by atoms with E-state index in [4.69, 9.17) is 13.8 Å². The topological polar surface area (TPSA) is 107 Å². The molecule has 1 aromatic carbocycles. The fourth-order valence-corrected chi connectivity index (χ4v) is 2.15. The van der Waals surface area contributed by atoms with Gasteiger partial charge in [-0.05, 0) is 26.0 Å². The van der Waals surface area contributed by atoms with Crippen LogP contribution in [0.1, 0.15) is 18.4 Å². The number of fused-ring (bicyclic) bond motifs is 1. The number of nitrogens with one attached hydrogen (secondary N) is 1. The summed E-state index contributed by atoms with van der Waals surface area (Å²) in [5.41, 5.74) is 1.06. The van der Waals surface area contributed by atoms with Gasteiger partial charge in [-0.25, -0.2) is 0 Å². The number of carbonyl (C=O) groups is 2. The third-order valence-corrected chi connectivity index (χ3v) is 3.32. The summed E-state index contributed by atoms with van der Waals surface area (Å²) in [5.74, 6) is -0.245. The minimum atomic E-state index is -0.979. The first-order valence-corrected chi connectivity index (χ1v) is 7.30. The van der Waals surface area contributed by atoms with Gasteiger partial charge in [0.2, 0.25) is 0 Å². The maximum Gasteiger partial charge on any atom is 0.312 e. The van der Waals surface area contributed by atoms with Crippen LogP contribution in [-0.4, -0.2) is 28.3 Å². The lowest BCUT2D eigenvalue weighted by molar-refractivity contribution is -0.152. The average Bonchev–Trinajstić information content (AvgIpc) is 3.14. The van der Waals surface area contributed by atoms with E-state index >= 15 is 0 Å². The van der Waals surface area contributed by atoms with Crippen LogP contribution in [0.25, 0.3) is 11.0 Å². The number of nitrogens with zero attached hydrogens (tertiary/aromatic N) is 2. The summed E-state index contributed by atoms with van der Waals surface area (Å²) in [6, 6.07) is 8.76. The monoisotopic (exact) mass is 329 g/mol. The van der Waals surface area contributed by atoms with Gasteiger partial charge in [0.25, 0.3) is 5.91 Å². The zero-order valence-electron chi connectivity index (χ0n) is 13.1. The summed E-state index contributed by atoms with van der Waals surface area (Å²) in [5, 5.41) is 10.7.